The molecule has 0 aliphatic carbocycles. The molecule has 0 radical (unpaired) electrons. The van der Waals surface area contributed by atoms with Crippen molar-refractivity contribution in [3.8, 4) is 0 Å². The van der Waals surface area contributed by atoms with Gasteiger partial charge in [0.05, 0.1) is 15.7 Å². The van der Waals surface area contributed by atoms with Crippen LogP contribution < -0.4 is 0 Å². The van der Waals surface area contributed by atoms with E-state index < -0.39 is 15.8 Å². The second-order valence-electron chi connectivity index (χ2n) is 5.96. The van der Waals surface area contributed by atoms with Crippen LogP contribution in [0.1, 0.15) is 0 Å². The van der Waals surface area contributed by atoms with Crippen LogP contribution in [0.15, 0.2) is 58.3 Å². The van der Waals surface area contributed by atoms with Crippen molar-refractivity contribution < 1.29 is 17.6 Å². The second kappa shape index (κ2) is 8.60. The summed E-state index contributed by atoms with van der Waals surface area (Å²) in [7, 11) is -3.68. The van der Waals surface area contributed by atoms with Gasteiger partial charge in [-0.05, 0) is 36.4 Å². The van der Waals surface area contributed by atoms with Crippen molar-refractivity contribution in [2.75, 3.05) is 31.9 Å². The van der Waals surface area contributed by atoms with Gasteiger partial charge in [-0.1, -0.05) is 23.7 Å². The highest BCUT2D eigenvalue weighted by atomic mass is 35.5. The van der Waals surface area contributed by atoms with Gasteiger partial charge in [0.25, 0.3) is 0 Å². The number of amides is 1. The van der Waals surface area contributed by atoms with E-state index in [2.05, 4.69) is 0 Å². The van der Waals surface area contributed by atoms with E-state index in [9.17, 15) is 17.6 Å². The number of carbonyl (C=O) groups is 1. The number of piperazine rings is 1. The van der Waals surface area contributed by atoms with Gasteiger partial charge in [-0.25, -0.2) is 12.8 Å². The first-order valence-corrected chi connectivity index (χ1v) is 11.1. The molecule has 27 heavy (non-hydrogen) atoms. The third-order valence-corrected chi connectivity index (χ3v) is 7.64. The molecule has 0 spiro atoms. The van der Waals surface area contributed by atoms with Crippen LogP contribution >= 0.6 is 23.4 Å². The van der Waals surface area contributed by atoms with Gasteiger partial charge in [-0.2, -0.15) is 4.31 Å². The first-order valence-electron chi connectivity index (χ1n) is 8.29. The minimum Gasteiger partial charge on any atom is -0.339 e. The van der Waals surface area contributed by atoms with Crippen molar-refractivity contribution in [3.63, 3.8) is 0 Å². The lowest BCUT2D eigenvalue weighted by molar-refractivity contribution is -0.129. The number of nitrogens with zero attached hydrogens (tertiary/aromatic N) is 2. The summed E-state index contributed by atoms with van der Waals surface area (Å²) < 4.78 is 39.5. The average Bonchev–Trinajstić information content (AvgIpc) is 2.67. The first-order chi connectivity index (χ1) is 12.9. The molecule has 1 aliphatic rings. The molecule has 9 heteroatoms. The van der Waals surface area contributed by atoms with Gasteiger partial charge in [-0.15, -0.1) is 11.8 Å². The molecule has 3 rings (SSSR count). The molecule has 2 aromatic carbocycles. The molecule has 0 unspecified atom stereocenters. The smallest absolute Gasteiger partial charge is 0.243 e. The monoisotopic (exact) mass is 428 g/mol. The predicted molar refractivity (Wildman–Crippen MR) is 104 cm³/mol. The highest BCUT2D eigenvalue weighted by Crippen LogP contribution is 2.27. The highest BCUT2D eigenvalue weighted by Gasteiger charge is 2.30. The summed E-state index contributed by atoms with van der Waals surface area (Å²) in [6.45, 7) is 1.06. The number of sulfonamides is 1. The van der Waals surface area contributed by atoms with Gasteiger partial charge in [0.2, 0.25) is 15.9 Å². The zero-order valence-electron chi connectivity index (χ0n) is 14.3. The number of hydrogen-bond acceptors (Lipinski definition) is 4. The van der Waals surface area contributed by atoms with Crippen LogP contribution in [0, 0.1) is 5.82 Å². The van der Waals surface area contributed by atoms with Crippen LogP contribution in [0.4, 0.5) is 4.39 Å². The Morgan fingerprint density at radius 1 is 1.04 bits per heavy atom. The maximum atomic E-state index is 13.0. The SMILES string of the molecule is O=C(CSc1ccccc1Cl)N1CCN(S(=O)(=O)c2ccc(F)cc2)CC1. The molecule has 0 bridgehead atoms. The fourth-order valence-corrected chi connectivity index (χ4v) is 5.29. The first kappa shape index (κ1) is 20.1. The van der Waals surface area contributed by atoms with Crippen molar-refractivity contribution in [2.24, 2.45) is 0 Å². The molecule has 1 fully saturated rings. The van der Waals surface area contributed by atoms with Gasteiger partial charge in [-0.3, -0.25) is 4.79 Å². The molecule has 1 saturated heterocycles. The number of rotatable bonds is 5. The van der Waals surface area contributed by atoms with Crippen LogP contribution in [0.5, 0.6) is 0 Å². The van der Waals surface area contributed by atoms with E-state index in [4.69, 9.17) is 11.6 Å². The van der Waals surface area contributed by atoms with E-state index in [0.717, 1.165) is 17.0 Å². The molecule has 2 aromatic rings. The maximum Gasteiger partial charge on any atom is 0.243 e. The Labute approximate surface area is 167 Å². The van der Waals surface area contributed by atoms with Gasteiger partial charge >= 0.3 is 0 Å². The zero-order valence-corrected chi connectivity index (χ0v) is 16.7. The van der Waals surface area contributed by atoms with Crippen molar-refractivity contribution >= 4 is 39.3 Å². The summed E-state index contributed by atoms with van der Waals surface area (Å²) in [5, 5.41) is 0.602. The average molecular weight is 429 g/mol. The molecule has 1 amide bonds. The fraction of sp³-hybridized carbons (Fsp3) is 0.278. The van der Waals surface area contributed by atoms with Gasteiger partial charge in [0.1, 0.15) is 5.82 Å². The number of hydrogen-bond donors (Lipinski definition) is 0. The van der Waals surface area contributed by atoms with E-state index in [1.54, 1.807) is 11.0 Å². The summed E-state index contributed by atoms with van der Waals surface area (Å²) in [5.74, 6) is -0.298. The number of benzene rings is 2. The van der Waals surface area contributed by atoms with Gasteiger partial charge < -0.3 is 4.90 Å². The Bertz CT molecular complexity index is 914. The van der Waals surface area contributed by atoms with E-state index in [1.165, 1.54) is 28.2 Å². The van der Waals surface area contributed by atoms with Crippen molar-refractivity contribution in [1.82, 2.24) is 9.21 Å². The molecule has 0 saturated carbocycles. The van der Waals surface area contributed by atoms with Crippen molar-refractivity contribution in [3.05, 3.63) is 59.4 Å². The summed E-state index contributed by atoms with van der Waals surface area (Å²) in [5.41, 5.74) is 0. The minimum absolute atomic E-state index is 0.0537. The fourth-order valence-electron chi connectivity index (χ4n) is 2.73. The zero-order chi connectivity index (χ0) is 19.4. The summed E-state index contributed by atoms with van der Waals surface area (Å²) >= 11 is 7.45. The van der Waals surface area contributed by atoms with Gasteiger partial charge in [0, 0.05) is 31.1 Å². The third kappa shape index (κ3) is 4.82. The Kier molecular flexibility index (Phi) is 6.41. The Balaban J connectivity index is 1.56. The number of thioether (sulfide) groups is 1. The van der Waals surface area contributed by atoms with Crippen LogP contribution in [-0.4, -0.2) is 55.5 Å². The van der Waals surface area contributed by atoms with Crippen molar-refractivity contribution in [2.45, 2.75) is 9.79 Å². The number of halogens is 2. The van der Waals surface area contributed by atoms with E-state index in [1.807, 2.05) is 18.2 Å². The van der Waals surface area contributed by atoms with Crippen LogP contribution in [0.3, 0.4) is 0 Å². The summed E-state index contributed by atoms with van der Waals surface area (Å²) in [4.78, 5) is 14.9. The molecule has 1 aliphatic heterocycles. The standard InChI is InChI=1S/C18H18ClFN2O3S2/c19-16-3-1-2-4-17(16)26-13-18(23)21-9-11-22(12-10-21)27(24,25)15-7-5-14(20)6-8-15/h1-8H,9-13H2. The summed E-state index contributed by atoms with van der Waals surface area (Å²) in [6, 6.07) is 12.1. The highest BCUT2D eigenvalue weighted by molar-refractivity contribution is 8.00. The molecule has 0 atom stereocenters. The largest absolute Gasteiger partial charge is 0.339 e. The Morgan fingerprint density at radius 3 is 2.30 bits per heavy atom. The maximum absolute atomic E-state index is 13.0. The molecule has 0 N–H and O–H groups in total. The van der Waals surface area contributed by atoms with Crippen LogP contribution in [-0.2, 0) is 14.8 Å². The molecule has 5 nitrogen and oxygen atoms in total. The topological polar surface area (TPSA) is 57.7 Å². The molecule has 0 aromatic heterocycles. The van der Waals surface area contributed by atoms with Gasteiger partial charge in [0.15, 0.2) is 0 Å². The number of carbonyl (C=O) groups excluding carboxylic acids is 1. The quantitative estimate of drug-likeness (QED) is 0.686. The normalized spacial score (nSPS) is 15.7. The second-order valence-corrected chi connectivity index (χ2v) is 9.32. The van der Waals surface area contributed by atoms with Crippen LogP contribution in [0.2, 0.25) is 5.02 Å². The van der Waals surface area contributed by atoms with E-state index in [0.29, 0.717) is 18.1 Å². The lowest BCUT2D eigenvalue weighted by Gasteiger charge is -2.34. The molecular formula is C18H18ClFN2O3S2. The predicted octanol–water partition coefficient (Wildman–Crippen LogP) is 3.10. The molecule has 1 heterocycles. The lowest BCUT2D eigenvalue weighted by atomic mass is 10.3. The van der Waals surface area contributed by atoms with Crippen LogP contribution in [0.25, 0.3) is 0 Å². The van der Waals surface area contributed by atoms with Crippen molar-refractivity contribution in [1.29, 1.82) is 0 Å². The van der Waals surface area contributed by atoms with E-state index >= 15 is 0 Å². The molecular weight excluding hydrogens is 411 g/mol. The molecule has 144 valence electrons. The van der Waals surface area contributed by atoms with E-state index in [-0.39, 0.29) is 29.6 Å². The Hall–Kier alpha value is -1.61. The minimum atomic E-state index is -3.68. The third-order valence-electron chi connectivity index (χ3n) is 4.23. The lowest BCUT2D eigenvalue weighted by Crippen LogP contribution is -2.50. The Morgan fingerprint density at radius 2 is 1.67 bits per heavy atom. The summed E-state index contributed by atoms with van der Waals surface area (Å²) in [6.07, 6.45) is 0.